The lowest BCUT2D eigenvalue weighted by atomic mass is 9.79. The first kappa shape index (κ1) is 9.59. The van der Waals surface area contributed by atoms with E-state index in [0.29, 0.717) is 5.41 Å². The minimum Gasteiger partial charge on any atom is -0.502 e. The van der Waals surface area contributed by atoms with Crippen LogP contribution in [0.3, 0.4) is 0 Å². The van der Waals surface area contributed by atoms with Gasteiger partial charge in [0.15, 0.2) is 0 Å². The van der Waals surface area contributed by atoms with Crippen LogP contribution in [0.4, 0.5) is 0 Å². The van der Waals surface area contributed by atoms with E-state index in [4.69, 9.17) is 9.47 Å². The molecule has 0 radical (unpaired) electrons. The highest BCUT2D eigenvalue weighted by Gasteiger charge is 2.35. The van der Waals surface area contributed by atoms with E-state index in [1.54, 1.807) is 0 Å². The Morgan fingerprint density at radius 1 is 1.58 bits per heavy atom. The zero-order valence-electron chi connectivity index (χ0n) is 7.84. The molecule has 0 aromatic carbocycles. The molecule has 0 saturated carbocycles. The minimum atomic E-state index is 0.477. The lowest BCUT2D eigenvalue weighted by molar-refractivity contribution is -0.121. The first-order valence-electron chi connectivity index (χ1n) is 4.63. The summed E-state index contributed by atoms with van der Waals surface area (Å²) in [6.07, 6.45) is 5.07. The van der Waals surface area contributed by atoms with Crippen molar-refractivity contribution in [3.63, 3.8) is 0 Å². The zero-order valence-corrected chi connectivity index (χ0v) is 7.84. The molecule has 2 nitrogen and oxygen atoms in total. The van der Waals surface area contributed by atoms with Gasteiger partial charge in [0, 0.05) is 5.41 Å². The smallest absolute Gasteiger partial charge is 0.0873 e. The van der Waals surface area contributed by atoms with Gasteiger partial charge >= 0.3 is 0 Å². The van der Waals surface area contributed by atoms with Crippen LogP contribution in [0, 0.1) is 5.41 Å². The summed E-state index contributed by atoms with van der Waals surface area (Å²) in [4.78, 5) is 0. The molecule has 0 unspecified atom stereocenters. The Labute approximate surface area is 74.6 Å². The van der Waals surface area contributed by atoms with Crippen molar-refractivity contribution in [3.05, 3.63) is 12.8 Å². The maximum atomic E-state index is 5.23. The van der Waals surface area contributed by atoms with Gasteiger partial charge in [0.25, 0.3) is 0 Å². The van der Waals surface area contributed by atoms with E-state index in [9.17, 15) is 0 Å². The predicted molar refractivity (Wildman–Crippen MR) is 48.9 cm³/mol. The zero-order chi connectivity index (χ0) is 8.86. The predicted octanol–water partition coefficient (Wildman–Crippen LogP) is 2.35. The number of rotatable bonds is 6. The van der Waals surface area contributed by atoms with Crippen LogP contribution in [-0.2, 0) is 9.47 Å². The van der Waals surface area contributed by atoms with Crippen molar-refractivity contribution in [2.45, 2.75) is 26.2 Å². The van der Waals surface area contributed by atoms with Crippen molar-refractivity contribution in [2.24, 2.45) is 5.41 Å². The van der Waals surface area contributed by atoms with Crippen molar-refractivity contribution in [2.75, 3.05) is 19.8 Å². The molecule has 0 bridgehead atoms. The van der Waals surface area contributed by atoms with Gasteiger partial charge in [0.1, 0.15) is 0 Å². The Morgan fingerprint density at radius 3 is 2.75 bits per heavy atom. The van der Waals surface area contributed by atoms with Crippen LogP contribution < -0.4 is 0 Å². The van der Waals surface area contributed by atoms with Gasteiger partial charge in [-0.25, -0.2) is 0 Å². The van der Waals surface area contributed by atoms with Gasteiger partial charge in [0.2, 0.25) is 0 Å². The van der Waals surface area contributed by atoms with E-state index < -0.39 is 0 Å². The van der Waals surface area contributed by atoms with E-state index in [1.807, 2.05) is 0 Å². The van der Waals surface area contributed by atoms with Gasteiger partial charge in [-0.15, -0.1) is 0 Å². The molecule has 0 N–H and O–H groups in total. The number of hydrogen-bond acceptors (Lipinski definition) is 2. The lowest BCUT2D eigenvalue weighted by Crippen LogP contribution is -2.42. The quantitative estimate of drug-likeness (QED) is 0.450. The molecule has 1 heterocycles. The van der Waals surface area contributed by atoms with Gasteiger partial charge in [-0.2, -0.15) is 0 Å². The molecule has 1 saturated heterocycles. The van der Waals surface area contributed by atoms with Gasteiger partial charge in [-0.3, -0.25) is 0 Å². The number of ether oxygens (including phenoxy) is 2. The second kappa shape index (κ2) is 4.51. The van der Waals surface area contributed by atoms with Crippen LogP contribution in [-0.4, -0.2) is 19.8 Å². The average molecular weight is 170 g/mol. The fourth-order valence-electron chi connectivity index (χ4n) is 1.53. The first-order valence-corrected chi connectivity index (χ1v) is 4.63. The Morgan fingerprint density at radius 2 is 2.33 bits per heavy atom. The minimum absolute atomic E-state index is 0.477. The van der Waals surface area contributed by atoms with E-state index in [-0.39, 0.29) is 0 Å². The van der Waals surface area contributed by atoms with Crippen molar-refractivity contribution in [1.29, 1.82) is 0 Å². The van der Waals surface area contributed by atoms with Crippen LogP contribution in [0.5, 0.6) is 0 Å². The molecule has 1 aliphatic heterocycles. The van der Waals surface area contributed by atoms with Crippen molar-refractivity contribution in [1.82, 2.24) is 0 Å². The average Bonchev–Trinajstić information content (AvgIpc) is 2.02. The lowest BCUT2D eigenvalue weighted by Gasteiger charge is -2.40. The van der Waals surface area contributed by atoms with Crippen LogP contribution in [0.2, 0.25) is 0 Å². The van der Waals surface area contributed by atoms with Gasteiger partial charge < -0.3 is 9.47 Å². The van der Waals surface area contributed by atoms with Gasteiger partial charge in [-0.1, -0.05) is 13.5 Å². The SMILES string of the molecule is C=COCCCC1(CC)COC1. The molecular weight excluding hydrogens is 152 g/mol. The molecule has 70 valence electrons. The van der Waals surface area contributed by atoms with Crippen molar-refractivity contribution in [3.8, 4) is 0 Å². The Balaban J connectivity index is 2.07. The highest BCUT2D eigenvalue weighted by atomic mass is 16.5. The molecular formula is C10H18O2. The first-order chi connectivity index (χ1) is 5.83. The molecule has 2 heteroatoms. The fraction of sp³-hybridized carbons (Fsp3) is 0.800. The third-order valence-corrected chi connectivity index (χ3v) is 2.65. The molecule has 1 aliphatic rings. The standard InChI is InChI=1S/C10H18O2/c1-3-10(8-12-9-10)6-5-7-11-4-2/h4H,2-3,5-9H2,1H3. The summed E-state index contributed by atoms with van der Waals surface area (Å²) in [6.45, 7) is 8.42. The topological polar surface area (TPSA) is 18.5 Å². The molecule has 1 fully saturated rings. The van der Waals surface area contributed by atoms with Crippen LogP contribution in [0.25, 0.3) is 0 Å². The van der Waals surface area contributed by atoms with Crippen molar-refractivity contribution < 1.29 is 9.47 Å². The maximum absolute atomic E-state index is 5.23. The van der Waals surface area contributed by atoms with Crippen molar-refractivity contribution >= 4 is 0 Å². The molecule has 0 aliphatic carbocycles. The third-order valence-electron chi connectivity index (χ3n) is 2.65. The molecule has 0 aromatic heterocycles. The molecule has 0 amide bonds. The maximum Gasteiger partial charge on any atom is 0.0873 e. The van der Waals surface area contributed by atoms with Gasteiger partial charge in [0.05, 0.1) is 26.1 Å². The Kier molecular flexibility index (Phi) is 3.60. The van der Waals surface area contributed by atoms with Crippen LogP contribution in [0.15, 0.2) is 12.8 Å². The molecule has 0 aromatic rings. The Hall–Kier alpha value is -0.500. The summed E-state index contributed by atoms with van der Waals surface area (Å²) >= 11 is 0. The molecule has 1 rings (SSSR count). The Bertz CT molecular complexity index is 133. The van der Waals surface area contributed by atoms with Gasteiger partial charge in [-0.05, 0) is 19.3 Å². The third kappa shape index (κ3) is 2.24. The monoisotopic (exact) mass is 170 g/mol. The summed E-state index contributed by atoms with van der Waals surface area (Å²) in [5, 5.41) is 0. The summed E-state index contributed by atoms with van der Waals surface area (Å²) in [6, 6.07) is 0. The second-order valence-corrected chi connectivity index (χ2v) is 3.49. The second-order valence-electron chi connectivity index (χ2n) is 3.49. The molecule has 12 heavy (non-hydrogen) atoms. The molecule has 0 atom stereocenters. The van der Waals surface area contributed by atoms with Crippen LogP contribution >= 0.6 is 0 Å². The summed E-state index contributed by atoms with van der Waals surface area (Å²) in [5.41, 5.74) is 0.477. The highest BCUT2D eigenvalue weighted by molar-refractivity contribution is 4.83. The largest absolute Gasteiger partial charge is 0.502 e. The van der Waals surface area contributed by atoms with E-state index >= 15 is 0 Å². The summed E-state index contributed by atoms with van der Waals surface area (Å²) in [7, 11) is 0. The number of hydrogen-bond donors (Lipinski definition) is 0. The normalized spacial score (nSPS) is 19.8. The summed E-state index contributed by atoms with van der Waals surface area (Å²) in [5.74, 6) is 0. The highest BCUT2D eigenvalue weighted by Crippen LogP contribution is 2.35. The fourth-order valence-corrected chi connectivity index (χ4v) is 1.53. The van der Waals surface area contributed by atoms with Crippen LogP contribution in [0.1, 0.15) is 26.2 Å². The van der Waals surface area contributed by atoms with E-state index in [1.165, 1.54) is 19.1 Å². The van der Waals surface area contributed by atoms with E-state index in [2.05, 4.69) is 13.5 Å². The molecule has 0 spiro atoms. The van der Waals surface area contributed by atoms with E-state index in [0.717, 1.165) is 26.2 Å². The summed E-state index contributed by atoms with van der Waals surface area (Å²) < 4.78 is 10.3.